The molecule has 158 valence electrons. The Labute approximate surface area is 166 Å². The second-order valence-electron chi connectivity index (χ2n) is 7.19. The van der Waals surface area contributed by atoms with Crippen LogP contribution in [-0.4, -0.2) is 49.7 Å². The summed E-state index contributed by atoms with van der Waals surface area (Å²) in [7, 11) is 0. The first-order chi connectivity index (χ1) is 13.3. The van der Waals surface area contributed by atoms with Gasteiger partial charge < -0.3 is 15.0 Å². The second kappa shape index (κ2) is 10.7. The molecule has 1 unspecified atom stereocenters. The first kappa shape index (κ1) is 22.5. The number of benzene rings is 1. The number of guanidine groups is 1. The summed E-state index contributed by atoms with van der Waals surface area (Å²) in [5.74, 6) is 0.895. The average Bonchev–Trinajstić information content (AvgIpc) is 2.67. The van der Waals surface area contributed by atoms with Crippen LogP contribution in [0.4, 0.5) is 13.2 Å². The highest BCUT2D eigenvalue weighted by Gasteiger charge is 2.30. The summed E-state index contributed by atoms with van der Waals surface area (Å²) in [5, 5.41) is 3.33. The number of likely N-dealkylation sites (tertiary alicyclic amines) is 1. The minimum absolute atomic E-state index is 0.0117. The van der Waals surface area contributed by atoms with E-state index in [-0.39, 0.29) is 5.92 Å². The van der Waals surface area contributed by atoms with E-state index in [0.717, 1.165) is 51.1 Å². The molecular formula is C21H32F3N3O. The molecule has 1 atom stereocenters. The number of nitrogens with zero attached hydrogens (tertiary/aromatic N) is 2. The molecule has 0 spiro atoms. The lowest BCUT2D eigenvalue weighted by molar-refractivity contribution is -0.137. The smallest absolute Gasteiger partial charge is 0.378 e. The van der Waals surface area contributed by atoms with E-state index in [9.17, 15) is 13.2 Å². The van der Waals surface area contributed by atoms with Crippen LogP contribution in [0.5, 0.6) is 0 Å². The zero-order valence-corrected chi connectivity index (χ0v) is 17.1. The van der Waals surface area contributed by atoms with Crippen molar-refractivity contribution in [3.8, 4) is 0 Å². The Hall–Kier alpha value is -1.76. The molecule has 28 heavy (non-hydrogen) atoms. The van der Waals surface area contributed by atoms with Gasteiger partial charge in [0.1, 0.15) is 0 Å². The quantitative estimate of drug-likeness (QED) is 0.535. The zero-order chi connectivity index (χ0) is 20.6. The van der Waals surface area contributed by atoms with E-state index in [1.54, 1.807) is 6.07 Å². The average molecular weight is 400 g/mol. The van der Waals surface area contributed by atoms with Crippen molar-refractivity contribution in [1.82, 2.24) is 10.2 Å². The van der Waals surface area contributed by atoms with Crippen LogP contribution in [0.2, 0.25) is 0 Å². The summed E-state index contributed by atoms with van der Waals surface area (Å²) >= 11 is 0. The minimum Gasteiger partial charge on any atom is -0.378 e. The third-order valence-corrected chi connectivity index (χ3v) is 5.09. The van der Waals surface area contributed by atoms with Crippen molar-refractivity contribution in [2.75, 3.05) is 32.8 Å². The maximum Gasteiger partial charge on any atom is 0.416 e. The molecule has 0 saturated carbocycles. The third-order valence-electron chi connectivity index (χ3n) is 5.09. The second-order valence-corrected chi connectivity index (χ2v) is 7.19. The molecule has 1 fully saturated rings. The highest BCUT2D eigenvalue weighted by atomic mass is 19.4. The maximum absolute atomic E-state index is 12.9. The number of rotatable bonds is 7. The molecule has 0 aromatic heterocycles. The molecule has 0 radical (unpaired) electrons. The van der Waals surface area contributed by atoms with Crippen LogP contribution >= 0.6 is 0 Å². The van der Waals surface area contributed by atoms with E-state index in [1.807, 2.05) is 20.8 Å². The summed E-state index contributed by atoms with van der Waals surface area (Å²) in [5.41, 5.74) is 0.110. The van der Waals surface area contributed by atoms with Gasteiger partial charge in [-0.15, -0.1) is 0 Å². The summed E-state index contributed by atoms with van der Waals surface area (Å²) < 4.78 is 44.4. The maximum atomic E-state index is 12.9. The first-order valence-electron chi connectivity index (χ1n) is 10.2. The van der Waals surface area contributed by atoms with Crippen molar-refractivity contribution in [1.29, 1.82) is 0 Å². The molecule has 1 aromatic rings. The molecule has 7 heteroatoms. The van der Waals surface area contributed by atoms with Gasteiger partial charge in [0.15, 0.2) is 5.96 Å². The van der Waals surface area contributed by atoms with Gasteiger partial charge in [-0.1, -0.05) is 25.1 Å². The van der Waals surface area contributed by atoms with Crippen LogP contribution in [0, 0.1) is 0 Å². The Balaban J connectivity index is 1.93. The Bertz CT molecular complexity index is 626. The lowest BCUT2D eigenvalue weighted by Gasteiger charge is -2.34. The molecule has 1 aliphatic rings. The van der Waals surface area contributed by atoms with Crippen LogP contribution in [0.15, 0.2) is 29.3 Å². The minimum atomic E-state index is -4.31. The number of halogens is 3. The standard InChI is InChI=1S/C21H32F3N3O/c1-4-25-20(27-13-10-19(11-14-27)28-5-2)26-12-9-16(3)17-7-6-8-18(15-17)21(22,23)24/h6-8,15-16,19H,4-5,9-14H2,1-3H3,(H,25,26). The van der Waals surface area contributed by atoms with Gasteiger partial charge in [0.25, 0.3) is 0 Å². The van der Waals surface area contributed by atoms with Crippen molar-refractivity contribution in [3.05, 3.63) is 35.4 Å². The molecule has 4 nitrogen and oxygen atoms in total. The van der Waals surface area contributed by atoms with E-state index < -0.39 is 11.7 Å². The van der Waals surface area contributed by atoms with E-state index in [0.29, 0.717) is 24.6 Å². The monoisotopic (exact) mass is 399 g/mol. The molecule has 1 N–H and O–H groups in total. The molecule has 1 heterocycles. The van der Waals surface area contributed by atoms with Gasteiger partial charge in [-0.25, -0.2) is 0 Å². The lowest BCUT2D eigenvalue weighted by Crippen LogP contribution is -2.47. The SMILES string of the molecule is CCNC(=NCCC(C)c1cccc(C(F)(F)F)c1)N1CCC(OCC)CC1. The van der Waals surface area contributed by atoms with Crippen molar-refractivity contribution < 1.29 is 17.9 Å². The van der Waals surface area contributed by atoms with Crippen LogP contribution < -0.4 is 5.32 Å². The topological polar surface area (TPSA) is 36.9 Å². The number of hydrogen-bond acceptors (Lipinski definition) is 2. The summed E-state index contributed by atoms with van der Waals surface area (Å²) in [6.07, 6.45) is -1.31. The highest BCUT2D eigenvalue weighted by Crippen LogP contribution is 2.31. The molecule has 0 aliphatic carbocycles. The predicted octanol–water partition coefficient (Wildman–Crippen LogP) is 4.67. The van der Waals surface area contributed by atoms with Crippen LogP contribution in [-0.2, 0) is 10.9 Å². The fraction of sp³-hybridized carbons (Fsp3) is 0.667. The Kier molecular flexibility index (Phi) is 8.60. The lowest BCUT2D eigenvalue weighted by atomic mass is 9.96. The summed E-state index contributed by atoms with van der Waals surface area (Å²) in [6, 6.07) is 5.60. The summed E-state index contributed by atoms with van der Waals surface area (Å²) in [6.45, 7) is 9.91. The summed E-state index contributed by atoms with van der Waals surface area (Å²) in [4.78, 5) is 6.96. The number of ether oxygens (including phenoxy) is 1. The molecular weight excluding hydrogens is 367 g/mol. The first-order valence-corrected chi connectivity index (χ1v) is 10.2. The number of nitrogens with one attached hydrogen (secondary N) is 1. The van der Waals surface area contributed by atoms with Crippen LogP contribution in [0.25, 0.3) is 0 Å². The number of piperidine rings is 1. The van der Waals surface area contributed by atoms with Crippen LogP contribution in [0.3, 0.4) is 0 Å². The number of hydrogen-bond donors (Lipinski definition) is 1. The van der Waals surface area contributed by atoms with Gasteiger partial charge in [0, 0.05) is 32.8 Å². The van der Waals surface area contributed by atoms with Crippen LogP contribution in [0.1, 0.15) is 57.1 Å². The fourth-order valence-corrected chi connectivity index (χ4v) is 3.45. The van der Waals surface area contributed by atoms with Crippen molar-refractivity contribution in [2.45, 2.75) is 58.2 Å². The van der Waals surface area contributed by atoms with Crippen molar-refractivity contribution in [3.63, 3.8) is 0 Å². The van der Waals surface area contributed by atoms with Gasteiger partial charge >= 0.3 is 6.18 Å². The molecule has 1 aromatic carbocycles. The molecule has 0 amide bonds. The van der Waals surface area contributed by atoms with Crippen molar-refractivity contribution in [2.24, 2.45) is 4.99 Å². The molecule has 1 aliphatic heterocycles. The zero-order valence-electron chi connectivity index (χ0n) is 17.1. The highest BCUT2D eigenvalue weighted by molar-refractivity contribution is 5.80. The van der Waals surface area contributed by atoms with Gasteiger partial charge in [-0.3, -0.25) is 4.99 Å². The molecule has 1 saturated heterocycles. The molecule has 0 bridgehead atoms. The Morgan fingerprint density at radius 1 is 1.29 bits per heavy atom. The van der Waals surface area contributed by atoms with Gasteiger partial charge in [-0.05, 0) is 50.7 Å². The Morgan fingerprint density at radius 3 is 2.61 bits per heavy atom. The van der Waals surface area contributed by atoms with E-state index >= 15 is 0 Å². The van der Waals surface area contributed by atoms with Gasteiger partial charge in [0.05, 0.1) is 11.7 Å². The predicted molar refractivity (Wildman–Crippen MR) is 107 cm³/mol. The number of aliphatic imine (C=N–C) groups is 1. The third kappa shape index (κ3) is 6.69. The van der Waals surface area contributed by atoms with E-state index in [4.69, 9.17) is 9.73 Å². The van der Waals surface area contributed by atoms with E-state index in [2.05, 4.69) is 10.2 Å². The number of alkyl halides is 3. The van der Waals surface area contributed by atoms with Gasteiger partial charge in [0.2, 0.25) is 0 Å². The van der Waals surface area contributed by atoms with Crippen molar-refractivity contribution >= 4 is 5.96 Å². The Morgan fingerprint density at radius 2 is 2.00 bits per heavy atom. The fourth-order valence-electron chi connectivity index (χ4n) is 3.45. The van der Waals surface area contributed by atoms with E-state index in [1.165, 1.54) is 12.1 Å². The molecule has 2 rings (SSSR count). The largest absolute Gasteiger partial charge is 0.416 e. The van der Waals surface area contributed by atoms with Gasteiger partial charge in [-0.2, -0.15) is 13.2 Å². The normalized spacial score (nSPS) is 17.6.